The first-order valence-electron chi connectivity index (χ1n) is 7.32. The zero-order valence-electron chi connectivity index (χ0n) is 13.3. The second-order valence-corrected chi connectivity index (χ2v) is 6.15. The molecule has 0 saturated carbocycles. The van der Waals surface area contributed by atoms with Gasteiger partial charge in [-0.1, -0.05) is 0 Å². The predicted octanol–water partition coefficient (Wildman–Crippen LogP) is 3.79. The molecule has 0 atom stereocenters. The molecule has 1 aliphatic heterocycles. The summed E-state index contributed by atoms with van der Waals surface area (Å²) in [4.78, 5) is 4.65. The van der Waals surface area contributed by atoms with Gasteiger partial charge in [0.15, 0.2) is 16.6 Å². The Morgan fingerprint density at radius 2 is 2.00 bits per heavy atom. The molecule has 0 fully saturated rings. The minimum Gasteiger partial charge on any atom is -0.486 e. The molecule has 0 saturated heterocycles. The lowest BCUT2D eigenvalue weighted by molar-refractivity contribution is 0.171. The lowest BCUT2D eigenvalue weighted by Gasteiger charge is -2.18. The number of hydrogen-bond donors (Lipinski definition) is 1. The van der Waals surface area contributed by atoms with Crippen molar-refractivity contribution in [2.45, 2.75) is 6.92 Å². The second-order valence-electron chi connectivity index (χ2n) is 5.29. The molecule has 1 aliphatic rings. The topological polar surface area (TPSA) is 61.2 Å². The number of fused-ring (bicyclic) bond motifs is 1. The summed E-state index contributed by atoms with van der Waals surface area (Å²) < 4.78 is 13.0. The van der Waals surface area contributed by atoms with Crippen LogP contribution in [0.25, 0.3) is 11.3 Å². The largest absolute Gasteiger partial charge is 0.486 e. The number of thiazole rings is 1. The van der Waals surface area contributed by atoms with Crippen LogP contribution in [-0.4, -0.2) is 28.0 Å². The number of rotatable bonds is 3. The van der Waals surface area contributed by atoms with Gasteiger partial charge >= 0.3 is 0 Å². The monoisotopic (exact) mass is 364 g/mol. The highest BCUT2D eigenvalue weighted by molar-refractivity contribution is 7.14. The first kappa shape index (κ1) is 16.6. The summed E-state index contributed by atoms with van der Waals surface area (Å²) in [6, 6.07) is 5.91. The lowest BCUT2D eigenvalue weighted by atomic mass is 10.1. The molecular weight excluding hydrogens is 348 g/mol. The van der Waals surface area contributed by atoms with Gasteiger partial charge in [-0.3, -0.25) is 4.68 Å². The van der Waals surface area contributed by atoms with Gasteiger partial charge in [0.05, 0.1) is 23.3 Å². The maximum absolute atomic E-state index is 5.63. The van der Waals surface area contributed by atoms with Crippen molar-refractivity contribution in [1.29, 1.82) is 0 Å². The zero-order valence-corrected chi connectivity index (χ0v) is 14.9. The highest BCUT2D eigenvalue weighted by Gasteiger charge is 2.14. The molecule has 1 N–H and O–H groups in total. The summed E-state index contributed by atoms with van der Waals surface area (Å²) >= 11 is 1.56. The van der Waals surface area contributed by atoms with Gasteiger partial charge in [-0.05, 0) is 25.1 Å². The van der Waals surface area contributed by atoms with E-state index in [1.54, 1.807) is 17.5 Å². The van der Waals surface area contributed by atoms with Crippen molar-refractivity contribution in [3.8, 4) is 22.8 Å². The van der Waals surface area contributed by atoms with Gasteiger partial charge in [0.2, 0.25) is 0 Å². The molecule has 8 heteroatoms. The maximum atomic E-state index is 5.63. The quantitative estimate of drug-likeness (QED) is 0.766. The summed E-state index contributed by atoms with van der Waals surface area (Å²) in [5, 5.41) is 10.4. The average Bonchev–Trinajstić information content (AvgIpc) is 3.17. The molecule has 2 aromatic heterocycles. The number of aromatic nitrogens is 3. The molecule has 0 aliphatic carbocycles. The zero-order chi connectivity index (χ0) is 15.8. The molecule has 0 amide bonds. The number of anilines is 2. The van der Waals surface area contributed by atoms with Crippen molar-refractivity contribution in [2.75, 3.05) is 18.5 Å². The molecule has 6 nitrogen and oxygen atoms in total. The highest BCUT2D eigenvalue weighted by Crippen LogP contribution is 2.35. The highest BCUT2D eigenvalue weighted by atomic mass is 35.5. The fraction of sp³-hybridized carbons (Fsp3) is 0.250. The normalized spacial score (nSPS) is 12.6. The number of benzene rings is 1. The van der Waals surface area contributed by atoms with Crippen molar-refractivity contribution in [1.82, 2.24) is 14.8 Å². The standard InChI is InChI=1S/C16H16N4O2S.ClH/c1-10-12(8-17-20(10)2)18-16-19-13(9-23-16)11-3-4-14-15(7-11)22-6-5-21-14;/h3-4,7-9H,5-6H2,1-2H3,(H,18,19);1H. The van der Waals surface area contributed by atoms with Gasteiger partial charge in [-0.25, -0.2) is 4.98 Å². The molecule has 4 rings (SSSR count). The summed E-state index contributed by atoms with van der Waals surface area (Å²) in [6.45, 7) is 3.20. The Bertz CT molecular complexity index is 862. The summed E-state index contributed by atoms with van der Waals surface area (Å²) in [5.74, 6) is 1.57. The van der Waals surface area contributed by atoms with Crippen LogP contribution in [0.2, 0.25) is 0 Å². The van der Waals surface area contributed by atoms with Crippen LogP contribution in [-0.2, 0) is 7.05 Å². The summed E-state index contributed by atoms with van der Waals surface area (Å²) in [7, 11) is 1.92. The van der Waals surface area contributed by atoms with Gasteiger partial charge in [0, 0.05) is 18.0 Å². The van der Waals surface area contributed by atoms with Gasteiger partial charge in [0.25, 0.3) is 0 Å². The van der Waals surface area contributed by atoms with E-state index in [0.29, 0.717) is 13.2 Å². The van der Waals surface area contributed by atoms with Crippen LogP contribution in [0.15, 0.2) is 29.8 Å². The third-order valence-electron chi connectivity index (χ3n) is 3.82. The summed E-state index contributed by atoms with van der Waals surface area (Å²) in [6.07, 6.45) is 1.81. The van der Waals surface area contributed by atoms with Crippen LogP contribution in [0.1, 0.15) is 5.69 Å². The van der Waals surface area contributed by atoms with Crippen molar-refractivity contribution < 1.29 is 9.47 Å². The molecule has 1 aromatic carbocycles. The fourth-order valence-corrected chi connectivity index (χ4v) is 3.14. The Morgan fingerprint density at radius 1 is 1.21 bits per heavy atom. The second kappa shape index (κ2) is 6.70. The van der Waals surface area contributed by atoms with E-state index < -0.39 is 0 Å². The summed E-state index contributed by atoms with van der Waals surface area (Å²) in [5.41, 5.74) is 3.97. The third-order valence-corrected chi connectivity index (χ3v) is 4.58. The van der Waals surface area contributed by atoms with E-state index in [2.05, 4.69) is 15.4 Å². The molecule has 3 heterocycles. The first-order valence-corrected chi connectivity index (χ1v) is 8.20. The van der Waals surface area contributed by atoms with E-state index in [1.165, 1.54) is 0 Å². The molecular formula is C16H17ClN4O2S. The van der Waals surface area contributed by atoms with Crippen molar-refractivity contribution in [2.24, 2.45) is 7.05 Å². The molecule has 126 valence electrons. The van der Waals surface area contributed by atoms with E-state index in [1.807, 2.05) is 42.2 Å². The van der Waals surface area contributed by atoms with Gasteiger partial charge in [0.1, 0.15) is 13.2 Å². The fourth-order valence-electron chi connectivity index (χ4n) is 2.40. The van der Waals surface area contributed by atoms with Crippen LogP contribution < -0.4 is 14.8 Å². The Balaban J connectivity index is 0.00000169. The Kier molecular flexibility index (Phi) is 4.64. The van der Waals surface area contributed by atoms with Gasteiger partial charge < -0.3 is 14.8 Å². The first-order chi connectivity index (χ1) is 11.2. The van der Waals surface area contributed by atoms with Crippen molar-refractivity contribution >= 4 is 34.6 Å². The Hall–Kier alpha value is -2.25. The number of hydrogen-bond acceptors (Lipinski definition) is 6. The average molecular weight is 365 g/mol. The van der Waals surface area contributed by atoms with Gasteiger partial charge in [-0.2, -0.15) is 5.10 Å². The Labute approximate surface area is 149 Å². The lowest BCUT2D eigenvalue weighted by Crippen LogP contribution is -2.15. The number of nitrogens with one attached hydrogen (secondary N) is 1. The number of ether oxygens (including phenoxy) is 2. The van der Waals surface area contributed by atoms with E-state index in [-0.39, 0.29) is 12.4 Å². The van der Waals surface area contributed by atoms with Crippen molar-refractivity contribution in [3.05, 3.63) is 35.5 Å². The van der Waals surface area contributed by atoms with Crippen molar-refractivity contribution in [3.63, 3.8) is 0 Å². The molecule has 0 spiro atoms. The van der Waals surface area contributed by atoms with Crippen LogP contribution in [0, 0.1) is 6.92 Å². The van der Waals surface area contributed by atoms with E-state index >= 15 is 0 Å². The predicted molar refractivity (Wildman–Crippen MR) is 97.0 cm³/mol. The van der Waals surface area contributed by atoms with Crippen LogP contribution in [0.5, 0.6) is 11.5 Å². The van der Waals surface area contributed by atoms with Gasteiger partial charge in [-0.15, -0.1) is 23.7 Å². The number of aryl methyl sites for hydroxylation is 1. The molecule has 0 unspecified atom stereocenters. The van der Waals surface area contributed by atoms with E-state index in [0.717, 1.165) is 39.3 Å². The molecule has 0 radical (unpaired) electrons. The third kappa shape index (κ3) is 3.05. The maximum Gasteiger partial charge on any atom is 0.187 e. The molecule has 24 heavy (non-hydrogen) atoms. The molecule has 3 aromatic rings. The smallest absolute Gasteiger partial charge is 0.187 e. The van der Waals surface area contributed by atoms with Crippen LogP contribution in [0.4, 0.5) is 10.8 Å². The van der Waals surface area contributed by atoms with E-state index in [9.17, 15) is 0 Å². The number of halogens is 1. The Morgan fingerprint density at radius 3 is 2.75 bits per heavy atom. The van der Waals surface area contributed by atoms with Crippen LogP contribution in [0.3, 0.4) is 0 Å². The minimum absolute atomic E-state index is 0. The SMILES string of the molecule is Cc1c(Nc2nc(-c3ccc4c(c3)OCCO4)cs2)cnn1C.Cl. The molecule has 0 bridgehead atoms. The number of nitrogens with zero attached hydrogens (tertiary/aromatic N) is 3. The van der Waals surface area contributed by atoms with Crippen LogP contribution >= 0.6 is 23.7 Å². The van der Waals surface area contributed by atoms with E-state index in [4.69, 9.17) is 9.47 Å². The minimum atomic E-state index is 0.